The summed E-state index contributed by atoms with van der Waals surface area (Å²) in [6, 6.07) is 0. The summed E-state index contributed by atoms with van der Waals surface area (Å²) < 4.78 is 2.14. The monoisotopic (exact) mass is 225 g/mol. The van der Waals surface area contributed by atoms with Gasteiger partial charge in [0.05, 0.1) is 0 Å². The van der Waals surface area contributed by atoms with Crippen LogP contribution < -0.4 is 0 Å². The van der Waals surface area contributed by atoms with Crippen molar-refractivity contribution in [3.63, 3.8) is 0 Å². The van der Waals surface area contributed by atoms with Crippen LogP contribution in [-0.4, -0.2) is 38.2 Å². The van der Waals surface area contributed by atoms with E-state index in [2.05, 4.69) is 14.8 Å². The maximum Gasteiger partial charge on any atom is 0.133 e. The third kappa shape index (κ3) is 2.41. The van der Waals surface area contributed by atoms with Crippen LogP contribution in [0.25, 0.3) is 0 Å². The van der Waals surface area contributed by atoms with E-state index in [9.17, 15) is 5.11 Å². The van der Waals surface area contributed by atoms with Gasteiger partial charge >= 0.3 is 0 Å². The molecule has 0 aromatic carbocycles. The Morgan fingerprint density at radius 1 is 1.25 bits per heavy atom. The molecular formula is C11H19N3O2. The molecule has 0 spiro atoms. The number of unbranched alkanes of at least 4 members (excludes halogenated alkanes) is 1. The van der Waals surface area contributed by atoms with Gasteiger partial charge in [-0.25, -0.2) is 0 Å². The fourth-order valence-electron chi connectivity index (χ4n) is 2.18. The van der Waals surface area contributed by atoms with Crippen molar-refractivity contribution in [2.45, 2.75) is 38.6 Å². The molecule has 0 saturated heterocycles. The number of aliphatic hydroxyl groups is 2. The van der Waals surface area contributed by atoms with E-state index in [4.69, 9.17) is 5.11 Å². The van der Waals surface area contributed by atoms with Crippen molar-refractivity contribution in [2.24, 2.45) is 5.92 Å². The number of nitrogens with zero attached hydrogens (tertiary/aromatic N) is 3. The highest BCUT2D eigenvalue weighted by molar-refractivity contribution is 5.00. The van der Waals surface area contributed by atoms with E-state index in [1.165, 1.54) is 0 Å². The maximum absolute atomic E-state index is 9.17. The Balaban J connectivity index is 2.01. The van der Waals surface area contributed by atoms with Gasteiger partial charge in [-0.15, -0.1) is 10.2 Å². The average molecular weight is 225 g/mol. The van der Waals surface area contributed by atoms with E-state index < -0.39 is 0 Å². The van der Waals surface area contributed by atoms with Crippen molar-refractivity contribution >= 4 is 0 Å². The van der Waals surface area contributed by atoms with Gasteiger partial charge in [-0.05, 0) is 19.3 Å². The van der Waals surface area contributed by atoms with E-state index >= 15 is 0 Å². The van der Waals surface area contributed by atoms with Crippen LogP contribution >= 0.6 is 0 Å². The molecule has 2 rings (SSSR count). The Morgan fingerprint density at radius 3 is 2.88 bits per heavy atom. The second kappa shape index (κ2) is 5.41. The van der Waals surface area contributed by atoms with E-state index in [0.29, 0.717) is 5.92 Å². The van der Waals surface area contributed by atoms with Gasteiger partial charge in [0.2, 0.25) is 0 Å². The molecule has 90 valence electrons. The highest BCUT2D eigenvalue weighted by Crippen LogP contribution is 2.20. The molecule has 1 aliphatic rings. The minimum Gasteiger partial charge on any atom is -0.396 e. The Morgan fingerprint density at radius 2 is 2.12 bits per heavy atom. The van der Waals surface area contributed by atoms with Crippen LogP contribution in [0.5, 0.6) is 0 Å². The van der Waals surface area contributed by atoms with Crippen molar-refractivity contribution in [1.82, 2.24) is 14.8 Å². The number of aromatic nitrogens is 3. The summed E-state index contributed by atoms with van der Waals surface area (Å²) in [6.45, 7) is 1.32. The summed E-state index contributed by atoms with van der Waals surface area (Å²) in [5.74, 6) is 2.39. The van der Waals surface area contributed by atoms with Crippen LogP contribution in [0.1, 0.15) is 30.9 Å². The number of fused-ring (bicyclic) bond motifs is 1. The molecule has 0 saturated carbocycles. The topological polar surface area (TPSA) is 71.2 Å². The number of aliphatic hydroxyl groups excluding tert-OH is 2. The highest BCUT2D eigenvalue weighted by atomic mass is 16.3. The zero-order chi connectivity index (χ0) is 11.4. The van der Waals surface area contributed by atoms with Crippen LogP contribution in [0.3, 0.4) is 0 Å². The Labute approximate surface area is 95.1 Å². The first-order valence-electron chi connectivity index (χ1n) is 5.97. The molecule has 2 N–H and O–H groups in total. The Bertz CT molecular complexity index is 338. The Kier molecular flexibility index (Phi) is 3.90. The number of aryl methyl sites for hydroxylation is 2. The summed E-state index contributed by atoms with van der Waals surface area (Å²) in [5, 5.41) is 26.3. The van der Waals surface area contributed by atoms with E-state index in [0.717, 1.165) is 50.3 Å². The standard InChI is InChI=1S/C11H19N3O2/c15-6-2-1-3-10-12-13-11-5-4-9(8-16)7-14(10)11/h9,15-16H,1-8H2. The minimum atomic E-state index is 0.236. The fourth-order valence-corrected chi connectivity index (χ4v) is 2.18. The van der Waals surface area contributed by atoms with E-state index in [1.807, 2.05) is 0 Å². The van der Waals surface area contributed by atoms with Crippen molar-refractivity contribution in [3.8, 4) is 0 Å². The predicted octanol–water partition coefficient (Wildman–Crippen LogP) is 0.148. The SMILES string of the molecule is OCCCCc1nnc2n1CC(CO)CC2. The van der Waals surface area contributed by atoms with Gasteiger partial charge in [-0.1, -0.05) is 0 Å². The van der Waals surface area contributed by atoms with Gasteiger partial charge in [-0.2, -0.15) is 0 Å². The summed E-state index contributed by atoms with van der Waals surface area (Å²) >= 11 is 0. The van der Waals surface area contributed by atoms with Gasteiger partial charge in [0.25, 0.3) is 0 Å². The second-order valence-corrected chi connectivity index (χ2v) is 4.41. The molecule has 1 aromatic rings. The lowest BCUT2D eigenvalue weighted by molar-refractivity contribution is 0.189. The average Bonchev–Trinajstić information content (AvgIpc) is 2.72. The van der Waals surface area contributed by atoms with Crippen LogP contribution in [0.4, 0.5) is 0 Å². The van der Waals surface area contributed by atoms with Crippen LogP contribution in [0.2, 0.25) is 0 Å². The van der Waals surface area contributed by atoms with Crippen molar-refractivity contribution in [3.05, 3.63) is 11.6 Å². The lowest BCUT2D eigenvalue weighted by Crippen LogP contribution is -2.24. The second-order valence-electron chi connectivity index (χ2n) is 4.41. The first-order valence-corrected chi connectivity index (χ1v) is 5.97. The molecule has 0 amide bonds. The third-order valence-electron chi connectivity index (χ3n) is 3.19. The largest absolute Gasteiger partial charge is 0.396 e. The molecule has 1 atom stereocenters. The molecule has 2 heterocycles. The number of hydrogen-bond donors (Lipinski definition) is 2. The zero-order valence-corrected chi connectivity index (χ0v) is 9.47. The highest BCUT2D eigenvalue weighted by Gasteiger charge is 2.21. The number of hydrogen-bond acceptors (Lipinski definition) is 4. The molecule has 0 aliphatic carbocycles. The summed E-state index contributed by atoms with van der Waals surface area (Å²) in [7, 11) is 0. The zero-order valence-electron chi connectivity index (χ0n) is 9.47. The first kappa shape index (κ1) is 11.5. The summed E-state index contributed by atoms with van der Waals surface area (Å²) in [4.78, 5) is 0. The molecule has 1 aromatic heterocycles. The quantitative estimate of drug-likeness (QED) is 0.700. The fraction of sp³-hybridized carbons (Fsp3) is 0.818. The molecule has 5 heteroatoms. The van der Waals surface area contributed by atoms with Gasteiger partial charge in [0, 0.05) is 38.5 Å². The molecule has 16 heavy (non-hydrogen) atoms. The first-order chi connectivity index (χ1) is 7.85. The van der Waals surface area contributed by atoms with Gasteiger partial charge < -0.3 is 14.8 Å². The molecule has 0 bridgehead atoms. The lowest BCUT2D eigenvalue weighted by Gasteiger charge is -2.22. The normalized spacial score (nSPS) is 19.8. The molecule has 0 fully saturated rings. The van der Waals surface area contributed by atoms with Crippen LogP contribution in [0.15, 0.2) is 0 Å². The van der Waals surface area contributed by atoms with Crippen molar-refractivity contribution < 1.29 is 10.2 Å². The van der Waals surface area contributed by atoms with Gasteiger partial charge in [0.15, 0.2) is 0 Å². The van der Waals surface area contributed by atoms with Crippen molar-refractivity contribution in [1.29, 1.82) is 0 Å². The van der Waals surface area contributed by atoms with E-state index in [-0.39, 0.29) is 13.2 Å². The number of rotatable bonds is 5. The molecular weight excluding hydrogens is 206 g/mol. The molecule has 0 radical (unpaired) electrons. The minimum absolute atomic E-state index is 0.236. The van der Waals surface area contributed by atoms with E-state index in [1.54, 1.807) is 0 Å². The van der Waals surface area contributed by atoms with Gasteiger partial charge in [0.1, 0.15) is 11.6 Å². The van der Waals surface area contributed by atoms with Gasteiger partial charge in [-0.3, -0.25) is 0 Å². The molecule has 1 aliphatic heterocycles. The summed E-state index contributed by atoms with van der Waals surface area (Å²) in [6.07, 6.45) is 4.54. The smallest absolute Gasteiger partial charge is 0.133 e. The maximum atomic E-state index is 9.17. The molecule has 1 unspecified atom stereocenters. The van der Waals surface area contributed by atoms with Crippen molar-refractivity contribution in [2.75, 3.05) is 13.2 Å². The Hall–Kier alpha value is -0.940. The van der Waals surface area contributed by atoms with Crippen LogP contribution in [0, 0.1) is 5.92 Å². The molecule has 5 nitrogen and oxygen atoms in total. The van der Waals surface area contributed by atoms with Crippen LogP contribution in [-0.2, 0) is 19.4 Å². The predicted molar refractivity (Wildman–Crippen MR) is 58.9 cm³/mol. The lowest BCUT2D eigenvalue weighted by atomic mass is 10.0. The summed E-state index contributed by atoms with van der Waals surface area (Å²) in [5.41, 5.74) is 0. The third-order valence-corrected chi connectivity index (χ3v) is 3.19.